The molecule has 0 spiro atoms. The van der Waals surface area contributed by atoms with Crippen LogP contribution in [0, 0.1) is 17.8 Å². The van der Waals surface area contributed by atoms with E-state index in [9.17, 15) is 14.7 Å². The highest BCUT2D eigenvalue weighted by Crippen LogP contribution is 2.33. The van der Waals surface area contributed by atoms with Crippen molar-refractivity contribution in [3.63, 3.8) is 0 Å². The highest BCUT2D eigenvalue weighted by atomic mass is 16.5. The number of aliphatic carboxylic acids is 1. The Morgan fingerprint density at radius 2 is 2.03 bits per heavy atom. The van der Waals surface area contributed by atoms with E-state index in [1.807, 2.05) is 23.1 Å². The molecule has 2 N–H and O–H groups in total. The number of methoxy groups -OCH3 is 1. The summed E-state index contributed by atoms with van der Waals surface area (Å²) in [5, 5.41) is 9.35. The van der Waals surface area contributed by atoms with E-state index in [1.54, 1.807) is 7.11 Å². The third-order valence-electron chi connectivity index (χ3n) is 6.54. The Labute approximate surface area is 170 Å². The molecule has 0 bridgehead atoms. The molecule has 0 unspecified atom stereocenters. The van der Waals surface area contributed by atoms with Crippen molar-refractivity contribution in [2.75, 3.05) is 20.2 Å². The van der Waals surface area contributed by atoms with Crippen LogP contribution in [0.25, 0.3) is 11.0 Å². The number of carbonyl (C=O) groups is 2. The van der Waals surface area contributed by atoms with Gasteiger partial charge in [0.15, 0.2) is 0 Å². The molecule has 1 saturated heterocycles. The molecule has 7 heteroatoms. The van der Waals surface area contributed by atoms with E-state index in [2.05, 4.69) is 9.97 Å². The molecular weight excluding hydrogens is 370 g/mol. The van der Waals surface area contributed by atoms with Gasteiger partial charge in [-0.2, -0.15) is 0 Å². The van der Waals surface area contributed by atoms with Crippen LogP contribution in [-0.4, -0.2) is 52.1 Å². The Morgan fingerprint density at radius 3 is 2.76 bits per heavy atom. The van der Waals surface area contributed by atoms with E-state index in [4.69, 9.17) is 4.74 Å². The molecule has 156 valence electrons. The summed E-state index contributed by atoms with van der Waals surface area (Å²) in [5.41, 5.74) is 1.77. The predicted octanol–water partition coefficient (Wildman–Crippen LogP) is 3.24. The number of carbonyl (C=O) groups excluding carboxylic acids is 1. The summed E-state index contributed by atoms with van der Waals surface area (Å²) < 4.78 is 5.27. The molecule has 2 aliphatic rings. The van der Waals surface area contributed by atoms with E-state index in [0.717, 1.165) is 54.7 Å². The van der Waals surface area contributed by atoms with Crippen LogP contribution in [0.2, 0.25) is 0 Å². The number of piperidine rings is 1. The number of nitrogens with zero attached hydrogens (tertiary/aromatic N) is 2. The number of ether oxygens (including phenoxy) is 1. The van der Waals surface area contributed by atoms with Gasteiger partial charge in [-0.15, -0.1) is 0 Å². The minimum Gasteiger partial charge on any atom is -0.497 e. The number of H-pyrrole nitrogens is 1. The SMILES string of the molecule is COc1ccc2nc(C[C@H]3CN(C(=O)C4CCCC4)CC[C@H]3CC(=O)O)[nH]c2c1. The van der Waals surface area contributed by atoms with Gasteiger partial charge in [0.2, 0.25) is 5.91 Å². The largest absolute Gasteiger partial charge is 0.497 e. The second-order valence-electron chi connectivity index (χ2n) is 8.44. The van der Waals surface area contributed by atoms with Crippen LogP contribution in [0.4, 0.5) is 0 Å². The molecule has 0 radical (unpaired) electrons. The minimum atomic E-state index is -0.773. The molecule has 2 atom stereocenters. The highest BCUT2D eigenvalue weighted by molar-refractivity contribution is 5.79. The number of imidazole rings is 1. The number of amides is 1. The number of aromatic nitrogens is 2. The van der Waals surface area contributed by atoms with E-state index in [0.29, 0.717) is 19.5 Å². The van der Waals surface area contributed by atoms with Crippen molar-refractivity contribution in [3.8, 4) is 5.75 Å². The monoisotopic (exact) mass is 399 g/mol. The number of hydrogen-bond donors (Lipinski definition) is 2. The van der Waals surface area contributed by atoms with Crippen LogP contribution < -0.4 is 4.74 Å². The summed E-state index contributed by atoms with van der Waals surface area (Å²) in [6.45, 7) is 1.29. The molecule has 2 heterocycles. The lowest BCUT2D eigenvalue weighted by Crippen LogP contribution is -2.46. The van der Waals surface area contributed by atoms with Gasteiger partial charge in [0.1, 0.15) is 11.6 Å². The molecule has 4 rings (SSSR count). The summed E-state index contributed by atoms with van der Waals surface area (Å²) in [6, 6.07) is 5.71. The van der Waals surface area contributed by atoms with Crippen LogP contribution in [0.1, 0.15) is 44.3 Å². The topological polar surface area (TPSA) is 95.5 Å². The van der Waals surface area contributed by atoms with Gasteiger partial charge >= 0.3 is 5.97 Å². The molecule has 2 fully saturated rings. The fourth-order valence-corrected chi connectivity index (χ4v) is 4.95. The Morgan fingerprint density at radius 1 is 1.24 bits per heavy atom. The van der Waals surface area contributed by atoms with E-state index in [-0.39, 0.29) is 30.1 Å². The number of carboxylic acid groups (broad SMARTS) is 1. The first-order valence-corrected chi connectivity index (χ1v) is 10.6. The van der Waals surface area contributed by atoms with Crippen LogP contribution in [-0.2, 0) is 16.0 Å². The maximum Gasteiger partial charge on any atom is 0.303 e. The number of fused-ring (bicyclic) bond motifs is 1. The van der Waals surface area contributed by atoms with E-state index >= 15 is 0 Å². The summed E-state index contributed by atoms with van der Waals surface area (Å²) >= 11 is 0. The number of hydrogen-bond acceptors (Lipinski definition) is 4. The average Bonchev–Trinajstić information content (AvgIpc) is 3.37. The zero-order chi connectivity index (χ0) is 20.4. The average molecular weight is 399 g/mol. The predicted molar refractivity (Wildman–Crippen MR) is 109 cm³/mol. The quantitative estimate of drug-likeness (QED) is 0.777. The summed E-state index contributed by atoms with van der Waals surface area (Å²) in [6.07, 6.45) is 5.78. The molecule has 1 aliphatic carbocycles. The van der Waals surface area contributed by atoms with Gasteiger partial charge in [0, 0.05) is 37.9 Å². The molecule has 1 aliphatic heterocycles. The summed E-state index contributed by atoms with van der Waals surface area (Å²) in [7, 11) is 1.63. The first-order valence-electron chi connectivity index (χ1n) is 10.6. The minimum absolute atomic E-state index is 0.0582. The van der Waals surface area contributed by atoms with Crippen molar-refractivity contribution < 1.29 is 19.4 Å². The Hall–Kier alpha value is -2.57. The van der Waals surface area contributed by atoms with Crippen molar-refractivity contribution in [2.45, 2.75) is 44.9 Å². The van der Waals surface area contributed by atoms with Gasteiger partial charge in [-0.05, 0) is 43.2 Å². The Balaban J connectivity index is 1.51. The summed E-state index contributed by atoms with van der Waals surface area (Å²) in [4.78, 5) is 34.3. The number of likely N-dealkylation sites (tertiary alicyclic amines) is 1. The smallest absolute Gasteiger partial charge is 0.303 e. The summed E-state index contributed by atoms with van der Waals surface area (Å²) in [5.74, 6) is 1.40. The van der Waals surface area contributed by atoms with Crippen molar-refractivity contribution in [1.29, 1.82) is 0 Å². The molecule has 1 saturated carbocycles. The van der Waals surface area contributed by atoms with Gasteiger partial charge in [0.25, 0.3) is 0 Å². The Bertz CT molecular complexity index is 887. The van der Waals surface area contributed by atoms with Crippen molar-refractivity contribution in [3.05, 3.63) is 24.0 Å². The fourth-order valence-electron chi connectivity index (χ4n) is 4.95. The number of carboxylic acids is 1. The number of rotatable bonds is 6. The van der Waals surface area contributed by atoms with Gasteiger partial charge in [-0.25, -0.2) is 4.98 Å². The van der Waals surface area contributed by atoms with Crippen LogP contribution in [0.3, 0.4) is 0 Å². The Kier molecular flexibility index (Phi) is 5.74. The third kappa shape index (κ3) is 4.38. The van der Waals surface area contributed by atoms with Crippen LogP contribution >= 0.6 is 0 Å². The number of benzene rings is 1. The maximum absolute atomic E-state index is 12.9. The van der Waals surface area contributed by atoms with Crippen molar-refractivity contribution >= 4 is 22.9 Å². The second-order valence-corrected chi connectivity index (χ2v) is 8.44. The molecule has 29 heavy (non-hydrogen) atoms. The van der Waals surface area contributed by atoms with Gasteiger partial charge in [-0.3, -0.25) is 9.59 Å². The first kappa shape index (κ1) is 19.7. The lowest BCUT2D eigenvalue weighted by Gasteiger charge is -2.39. The van der Waals surface area contributed by atoms with Crippen molar-refractivity contribution in [1.82, 2.24) is 14.9 Å². The van der Waals surface area contributed by atoms with Gasteiger partial charge in [0.05, 0.1) is 18.1 Å². The van der Waals surface area contributed by atoms with E-state index in [1.165, 1.54) is 0 Å². The normalized spacial score (nSPS) is 22.9. The zero-order valence-corrected chi connectivity index (χ0v) is 16.9. The second kappa shape index (κ2) is 8.43. The molecule has 1 amide bonds. The van der Waals surface area contributed by atoms with Gasteiger partial charge in [-0.1, -0.05) is 12.8 Å². The molecule has 2 aromatic rings. The molecule has 1 aromatic heterocycles. The third-order valence-corrected chi connectivity index (χ3v) is 6.54. The van der Waals surface area contributed by atoms with Crippen LogP contribution in [0.5, 0.6) is 5.75 Å². The van der Waals surface area contributed by atoms with Crippen molar-refractivity contribution in [2.24, 2.45) is 17.8 Å². The van der Waals surface area contributed by atoms with E-state index < -0.39 is 5.97 Å². The van der Waals surface area contributed by atoms with Gasteiger partial charge < -0.3 is 19.7 Å². The van der Waals surface area contributed by atoms with Crippen LogP contribution in [0.15, 0.2) is 18.2 Å². The molecule has 1 aromatic carbocycles. The zero-order valence-electron chi connectivity index (χ0n) is 16.9. The highest BCUT2D eigenvalue weighted by Gasteiger charge is 2.36. The lowest BCUT2D eigenvalue weighted by atomic mass is 9.80. The fraction of sp³-hybridized carbons (Fsp3) is 0.591. The first-order chi connectivity index (χ1) is 14.0. The molecular formula is C22H29N3O4. The number of nitrogens with one attached hydrogen (secondary N) is 1. The lowest BCUT2D eigenvalue weighted by molar-refractivity contribution is -0.141. The maximum atomic E-state index is 12.9. The number of aromatic amines is 1. The standard InChI is InChI=1S/C22H29N3O4/c1-29-17-6-7-18-19(12-17)24-20(23-18)10-16-13-25(9-8-15(16)11-21(26)27)22(28)14-4-2-3-5-14/h6-7,12,14-16H,2-5,8-11,13H2,1H3,(H,23,24)(H,26,27)/t15-,16-/m0/s1. The molecule has 7 nitrogen and oxygen atoms in total.